The van der Waals surface area contributed by atoms with Crippen LogP contribution in [-0.2, 0) is 6.42 Å². The van der Waals surface area contributed by atoms with Gasteiger partial charge in [0.25, 0.3) is 0 Å². The molecule has 0 aliphatic carbocycles. The van der Waals surface area contributed by atoms with Gasteiger partial charge in [-0.1, -0.05) is 42.0 Å². The lowest BCUT2D eigenvalue weighted by atomic mass is 10.0. The molecule has 1 rings (SSSR count). The van der Waals surface area contributed by atoms with Crippen molar-refractivity contribution in [3.05, 3.63) is 47.5 Å². The van der Waals surface area contributed by atoms with Crippen LogP contribution < -0.4 is 0 Å². The van der Waals surface area contributed by atoms with Crippen molar-refractivity contribution in [1.82, 2.24) is 0 Å². The highest BCUT2D eigenvalue weighted by Crippen LogP contribution is 2.10. The van der Waals surface area contributed by atoms with Crippen molar-refractivity contribution < 1.29 is 5.11 Å². The van der Waals surface area contributed by atoms with Crippen molar-refractivity contribution in [3.63, 3.8) is 0 Å². The van der Waals surface area contributed by atoms with Crippen LogP contribution >= 0.6 is 0 Å². The Balaban J connectivity index is 2.54. The quantitative estimate of drug-likeness (QED) is 0.699. The molecule has 0 heterocycles. The van der Waals surface area contributed by atoms with Gasteiger partial charge in [-0.2, -0.15) is 0 Å². The average Bonchev–Trinajstić information content (AvgIpc) is 2.09. The second-order valence-electron chi connectivity index (χ2n) is 3.39. The summed E-state index contributed by atoms with van der Waals surface area (Å²) < 4.78 is 0. The predicted molar refractivity (Wildman–Crippen MR) is 55.7 cm³/mol. The van der Waals surface area contributed by atoms with E-state index in [1.807, 2.05) is 0 Å². The van der Waals surface area contributed by atoms with Gasteiger partial charge in [-0.25, -0.2) is 0 Å². The van der Waals surface area contributed by atoms with Crippen LogP contribution in [0, 0.1) is 6.92 Å². The molecular formula is C12H16O. The molecule has 1 N–H and O–H groups in total. The van der Waals surface area contributed by atoms with E-state index in [9.17, 15) is 0 Å². The van der Waals surface area contributed by atoms with Gasteiger partial charge < -0.3 is 5.11 Å². The zero-order chi connectivity index (χ0) is 9.68. The molecule has 70 valence electrons. The van der Waals surface area contributed by atoms with E-state index >= 15 is 0 Å². The van der Waals surface area contributed by atoms with Gasteiger partial charge in [0, 0.05) is 6.61 Å². The molecule has 1 heteroatoms. The first-order chi connectivity index (χ1) is 6.22. The highest BCUT2D eigenvalue weighted by molar-refractivity contribution is 5.24. The lowest BCUT2D eigenvalue weighted by molar-refractivity contribution is 0.298. The Morgan fingerprint density at radius 1 is 1.31 bits per heavy atom. The standard InChI is InChI=1S/C12H16O/c1-10-3-5-12(6-4-10)9-11(2)7-8-13/h3-6,13H,2,7-9H2,1H3. The molecule has 0 atom stereocenters. The Kier molecular flexibility index (Phi) is 3.71. The van der Waals surface area contributed by atoms with Gasteiger partial charge >= 0.3 is 0 Å². The summed E-state index contributed by atoms with van der Waals surface area (Å²) in [5.74, 6) is 0. The van der Waals surface area contributed by atoms with Gasteiger partial charge in [0.2, 0.25) is 0 Å². The van der Waals surface area contributed by atoms with Gasteiger partial charge in [0.15, 0.2) is 0 Å². The third-order valence-corrected chi connectivity index (χ3v) is 2.04. The highest BCUT2D eigenvalue weighted by atomic mass is 16.2. The number of aliphatic hydroxyl groups excluding tert-OH is 1. The fourth-order valence-corrected chi connectivity index (χ4v) is 1.24. The van der Waals surface area contributed by atoms with Crippen LogP contribution in [0.15, 0.2) is 36.4 Å². The zero-order valence-corrected chi connectivity index (χ0v) is 8.09. The maximum Gasteiger partial charge on any atom is 0.0468 e. The van der Waals surface area contributed by atoms with E-state index in [0.29, 0.717) is 6.42 Å². The third-order valence-electron chi connectivity index (χ3n) is 2.04. The molecular weight excluding hydrogens is 160 g/mol. The van der Waals surface area contributed by atoms with Crippen LogP contribution in [0.3, 0.4) is 0 Å². The normalized spacial score (nSPS) is 10.0. The van der Waals surface area contributed by atoms with Crippen molar-refractivity contribution in [2.75, 3.05) is 6.61 Å². The van der Waals surface area contributed by atoms with Crippen LogP contribution in [0.5, 0.6) is 0 Å². The summed E-state index contributed by atoms with van der Waals surface area (Å²) in [4.78, 5) is 0. The van der Waals surface area contributed by atoms with Crippen molar-refractivity contribution in [3.8, 4) is 0 Å². The summed E-state index contributed by atoms with van der Waals surface area (Å²) in [5, 5.41) is 8.70. The van der Waals surface area contributed by atoms with Gasteiger partial charge in [-0.3, -0.25) is 0 Å². The van der Waals surface area contributed by atoms with Crippen LogP contribution in [0.4, 0.5) is 0 Å². The van der Waals surface area contributed by atoms with Crippen molar-refractivity contribution in [2.45, 2.75) is 19.8 Å². The van der Waals surface area contributed by atoms with Crippen LogP contribution in [0.25, 0.3) is 0 Å². The third kappa shape index (κ3) is 3.43. The molecule has 0 spiro atoms. The van der Waals surface area contributed by atoms with Crippen LogP contribution in [0.1, 0.15) is 17.5 Å². The first-order valence-electron chi connectivity index (χ1n) is 4.55. The van der Waals surface area contributed by atoms with Crippen LogP contribution in [0.2, 0.25) is 0 Å². The minimum absolute atomic E-state index is 0.199. The summed E-state index contributed by atoms with van der Waals surface area (Å²) in [5.41, 5.74) is 3.63. The first-order valence-corrected chi connectivity index (χ1v) is 4.55. The fourth-order valence-electron chi connectivity index (χ4n) is 1.24. The lowest BCUT2D eigenvalue weighted by Gasteiger charge is -2.03. The fraction of sp³-hybridized carbons (Fsp3) is 0.333. The zero-order valence-electron chi connectivity index (χ0n) is 8.09. The maximum atomic E-state index is 8.70. The number of benzene rings is 1. The van der Waals surface area contributed by atoms with Gasteiger partial charge in [-0.15, -0.1) is 0 Å². The summed E-state index contributed by atoms with van der Waals surface area (Å²) in [6.07, 6.45) is 1.58. The SMILES string of the molecule is C=C(CCO)Cc1ccc(C)cc1. The smallest absolute Gasteiger partial charge is 0.0468 e. The molecule has 13 heavy (non-hydrogen) atoms. The molecule has 0 bridgehead atoms. The minimum Gasteiger partial charge on any atom is -0.396 e. The Labute approximate surface area is 79.7 Å². The second kappa shape index (κ2) is 4.83. The van der Waals surface area contributed by atoms with E-state index in [0.717, 1.165) is 12.0 Å². The molecule has 0 fully saturated rings. The summed E-state index contributed by atoms with van der Waals surface area (Å²) >= 11 is 0. The van der Waals surface area contributed by atoms with E-state index in [2.05, 4.69) is 37.8 Å². The lowest BCUT2D eigenvalue weighted by Crippen LogP contribution is -1.92. The molecule has 0 unspecified atom stereocenters. The molecule has 0 aromatic heterocycles. The van der Waals surface area contributed by atoms with Gasteiger partial charge in [0.1, 0.15) is 0 Å². The van der Waals surface area contributed by atoms with E-state index < -0.39 is 0 Å². The topological polar surface area (TPSA) is 20.2 Å². The van der Waals surface area contributed by atoms with Crippen molar-refractivity contribution >= 4 is 0 Å². The Morgan fingerprint density at radius 2 is 1.92 bits per heavy atom. The minimum atomic E-state index is 0.199. The predicted octanol–water partition coefficient (Wildman–Crippen LogP) is 2.48. The molecule has 0 aliphatic rings. The molecule has 0 amide bonds. The van der Waals surface area contributed by atoms with E-state index in [1.165, 1.54) is 11.1 Å². The molecule has 0 aliphatic heterocycles. The van der Waals surface area contributed by atoms with E-state index in [4.69, 9.17) is 5.11 Å². The van der Waals surface area contributed by atoms with Gasteiger partial charge in [0.05, 0.1) is 0 Å². The Hall–Kier alpha value is -1.08. The number of aliphatic hydroxyl groups is 1. The average molecular weight is 176 g/mol. The molecule has 1 nitrogen and oxygen atoms in total. The number of hydrogen-bond donors (Lipinski definition) is 1. The molecule has 0 radical (unpaired) electrons. The van der Waals surface area contributed by atoms with Crippen molar-refractivity contribution in [2.24, 2.45) is 0 Å². The van der Waals surface area contributed by atoms with Crippen molar-refractivity contribution in [1.29, 1.82) is 0 Å². The molecule has 1 aromatic carbocycles. The molecule has 1 aromatic rings. The maximum absolute atomic E-state index is 8.70. The molecule has 0 saturated heterocycles. The first kappa shape index (κ1) is 10.0. The number of hydrogen-bond acceptors (Lipinski definition) is 1. The largest absolute Gasteiger partial charge is 0.396 e. The van der Waals surface area contributed by atoms with E-state index in [-0.39, 0.29) is 6.61 Å². The Morgan fingerprint density at radius 3 is 2.46 bits per heavy atom. The summed E-state index contributed by atoms with van der Waals surface area (Å²) in [7, 11) is 0. The van der Waals surface area contributed by atoms with Crippen LogP contribution in [-0.4, -0.2) is 11.7 Å². The number of rotatable bonds is 4. The number of aryl methyl sites for hydroxylation is 1. The second-order valence-corrected chi connectivity index (χ2v) is 3.39. The highest BCUT2D eigenvalue weighted by Gasteiger charge is 1.96. The van der Waals surface area contributed by atoms with E-state index in [1.54, 1.807) is 0 Å². The van der Waals surface area contributed by atoms with Gasteiger partial charge in [-0.05, 0) is 25.3 Å². The Bertz CT molecular complexity index is 272. The summed E-state index contributed by atoms with van der Waals surface area (Å²) in [6, 6.07) is 8.42. The summed E-state index contributed by atoms with van der Waals surface area (Å²) in [6.45, 7) is 6.18. The molecule has 0 saturated carbocycles. The monoisotopic (exact) mass is 176 g/mol.